The number of nitrogens with zero attached hydrogens (tertiary/aromatic N) is 1. The molecule has 0 aliphatic heterocycles. The van der Waals surface area contributed by atoms with Crippen LogP contribution in [-0.2, 0) is 4.74 Å². The van der Waals surface area contributed by atoms with Gasteiger partial charge in [0.15, 0.2) is 0 Å². The number of anilines is 1. The van der Waals surface area contributed by atoms with Gasteiger partial charge in [0.25, 0.3) is 0 Å². The molecule has 0 bridgehead atoms. The Labute approximate surface area is 119 Å². The largest absolute Gasteiger partial charge is 0.445 e. The molecule has 0 saturated carbocycles. The van der Waals surface area contributed by atoms with E-state index < -0.39 is 6.09 Å². The molecular formula is C14H21ClN2O2. The molecular weight excluding hydrogens is 264 g/mol. The SMILES string of the molecule is CCN(CC)CC(C)OC(=O)Nc1ccccc1Cl. The molecule has 4 nitrogen and oxygen atoms in total. The molecule has 0 spiro atoms. The molecule has 1 amide bonds. The highest BCUT2D eigenvalue weighted by molar-refractivity contribution is 6.33. The molecule has 0 saturated heterocycles. The second-order valence-corrected chi connectivity index (χ2v) is 4.71. The average Bonchev–Trinajstić information content (AvgIpc) is 2.38. The topological polar surface area (TPSA) is 41.6 Å². The van der Waals surface area contributed by atoms with Gasteiger partial charge in [-0.1, -0.05) is 37.6 Å². The van der Waals surface area contributed by atoms with Crippen LogP contribution in [0.4, 0.5) is 10.5 Å². The number of nitrogens with one attached hydrogen (secondary N) is 1. The number of benzene rings is 1. The lowest BCUT2D eigenvalue weighted by molar-refractivity contribution is 0.0929. The predicted octanol–water partition coefficient (Wildman–Crippen LogP) is 3.62. The number of amides is 1. The summed E-state index contributed by atoms with van der Waals surface area (Å²) >= 11 is 5.96. The van der Waals surface area contributed by atoms with Crippen LogP contribution in [0.5, 0.6) is 0 Å². The van der Waals surface area contributed by atoms with E-state index in [2.05, 4.69) is 24.1 Å². The van der Waals surface area contributed by atoms with Crippen LogP contribution in [-0.4, -0.2) is 36.7 Å². The molecule has 0 aliphatic rings. The van der Waals surface area contributed by atoms with Gasteiger partial charge in [-0.3, -0.25) is 5.32 Å². The summed E-state index contributed by atoms with van der Waals surface area (Å²) in [5, 5.41) is 3.13. The Kier molecular flexibility index (Phi) is 6.67. The minimum atomic E-state index is -0.479. The van der Waals surface area contributed by atoms with Crippen LogP contribution in [0.15, 0.2) is 24.3 Å². The number of hydrogen-bond acceptors (Lipinski definition) is 3. The van der Waals surface area contributed by atoms with Gasteiger partial charge in [-0.05, 0) is 32.1 Å². The maximum atomic E-state index is 11.7. The van der Waals surface area contributed by atoms with Crippen molar-refractivity contribution in [3.63, 3.8) is 0 Å². The molecule has 0 aliphatic carbocycles. The fourth-order valence-electron chi connectivity index (χ4n) is 1.77. The van der Waals surface area contributed by atoms with Crippen molar-refractivity contribution in [1.82, 2.24) is 4.90 Å². The van der Waals surface area contributed by atoms with Gasteiger partial charge in [-0.2, -0.15) is 0 Å². The minimum Gasteiger partial charge on any atom is -0.445 e. The number of halogens is 1. The maximum absolute atomic E-state index is 11.7. The van der Waals surface area contributed by atoms with E-state index in [1.807, 2.05) is 13.0 Å². The molecule has 106 valence electrons. The summed E-state index contributed by atoms with van der Waals surface area (Å²) in [7, 11) is 0. The maximum Gasteiger partial charge on any atom is 0.411 e. The van der Waals surface area contributed by atoms with Crippen molar-refractivity contribution in [1.29, 1.82) is 0 Å². The first-order chi connectivity index (χ1) is 9.06. The third-order valence-electron chi connectivity index (χ3n) is 2.83. The summed E-state index contributed by atoms with van der Waals surface area (Å²) in [6, 6.07) is 7.07. The molecule has 1 aromatic rings. The first kappa shape index (κ1) is 15.8. The smallest absolute Gasteiger partial charge is 0.411 e. The third kappa shape index (κ3) is 5.49. The summed E-state index contributed by atoms with van der Waals surface area (Å²) in [4.78, 5) is 13.9. The number of rotatable bonds is 6. The lowest BCUT2D eigenvalue weighted by Crippen LogP contribution is -2.34. The lowest BCUT2D eigenvalue weighted by atomic mass is 10.3. The van der Waals surface area contributed by atoms with Crippen molar-refractivity contribution in [2.75, 3.05) is 25.0 Å². The Hall–Kier alpha value is -1.26. The van der Waals surface area contributed by atoms with Gasteiger partial charge < -0.3 is 9.64 Å². The summed E-state index contributed by atoms with van der Waals surface area (Å²) in [5.74, 6) is 0. The monoisotopic (exact) mass is 284 g/mol. The molecule has 0 fully saturated rings. The van der Waals surface area contributed by atoms with Crippen molar-refractivity contribution >= 4 is 23.4 Å². The van der Waals surface area contributed by atoms with Crippen molar-refractivity contribution in [3.05, 3.63) is 29.3 Å². The van der Waals surface area contributed by atoms with Gasteiger partial charge in [0.1, 0.15) is 6.10 Å². The van der Waals surface area contributed by atoms with Crippen LogP contribution in [0, 0.1) is 0 Å². The Morgan fingerprint density at radius 3 is 2.58 bits per heavy atom. The van der Waals surface area contributed by atoms with E-state index in [1.54, 1.807) is 18.2 Å². The third-order valence-corrected chi connectivity index (χ3v) is 3.16. The zero-order valence-electron chi connectivity index (χ0n) is 11.6. The second kappa shape index (κ2) is 8.02. The van der Waals surface area contributed by atoms with Crippen LogP contribution in [0.3, 0.4) is 0 Å². The molecule has 0 radical (unpaired) electrons. The van der Waals surface area contributed by atoms with Crippen LogP contribution in [0.1, 0.15) is 20.8 Å². The first-order valence-electron chi connectivity index (χ1n) is 6.51. The highest BCUT2D eigenvalue weighted by Crippen LogP contribution is 2.20. The number of likely N-dealkylation sites (N-methyl/N-ethyl adjacent to an activating group) is 1. The molecule has 1 unspecified atom stereocenters. The Morgan fingerprint density at radius 1 is 1.37 bits per heavy atom. The molecule has 1 aromatic carbocycles. The normalized spacial score (nSPS) is 12.3. The summed E-state index contributed by atoms with van der Waals surface area (Å²) in [6.45, 7) is 8.65. The van der Waals surface area contributed by atoms with Crippen LogP contribution in [0.25, 0.3) is 0 Å². The first-order valence-corrected chi connectivity index (χ1v) is 6.89. The van der Waals surface area contributed by atoms with Crippen LogP contribution in [0.2, 0.25) is 5.02 Å². The van der Waals surface area contributed by atoms with Crippen molar-refractivity contribution in [3.8, 4) is 0 Å². The van der Waals surface area contributed by atoms with Gasteiger partial charge in [0, 0.05) is 6.54 Å². The van der Waals surface area contributed by atoms with E-state index in [0.717, 1.165) is 19.6 Å². The van der Waals surface area contributed by atoms with Crippen molar-refractivity contribution < 1.29 is 9.53 Å². The van der Waals surface area contributed by atoms with Crippen LogP contribution >= 0.6 is 11.6 Å². The molecule has 1 atom stereocenters. The zero-order chi connectivity index (χ0) is 14.3. The second-order valence-electron chi connectivity index (χ2n) is 4.31. The quantitative estimate of drug-likeness (QED) is 0.867. The summed E-state index contributed by atoms with van der Waals surface area (Å²) in [5.41, 5.74) is 0.559. The molecule has 1 rings (SSSR count). The van der Waals surface area contributed by atoms with E-state index in [0.29, 0.717) is 10.7 Å². The predicted molar refractivity (Wildman–Crippen MR) is 78.8 cm³/mol. The zero-order valence-corrected chi connectivity index (χ0v) is 12.4. The van der Waals surface area contributed by atoms with Gasteiger partial charge in [-0.15, -0.1) is 0 Å². The number of carbonyl (C=O) groups excluding carboxylic acids is 1. The van der Waals surface area contributed by atoms with Gasteiger partial charge in [0.2, 0.25) is 0 Å². The molecule has 1 N–H and O–H groups in total. The average molecular weight is 285 g/mol. The Bertz CT molecular complexity index is 408. The van der Waals surface area contributed by atoms with Crippen LogP contribution < -0.4 is 5.32 Å². The summed E-state index contributed by atoms with van der Waals surface area (Å²) < 4.78 is 5.29. The lowest BCUT2D eigenvalue weighted by Gasteiger charge is -2.22. The fraction of sp³-hybridized carbons (Fsp3) is 0.500. The van der Waals surface area contributed by atoms with Gasteiger partial charge >= 0.3 is 6.09 Å². The Balaban J connectivity index is 2.45. The van der Waals surface area contributed by atoms with E-state index in [1.165, 1.54) is 0 Å². The molecule has 19 heavy (non-hydrogen) atoms. The highest BCUT2D eigenvalue weighted by Gasteiger charge is 2.13. The molecule has 5 heteroatoms. The van der Waals surface area contributed by atoms with E-state index in [4.69, 9.17) is 16.3 Å². The highest BCUT2D eigenvalue weighted by atomic mass is 35.5. The fourth-order valence-corrected chi connectivity index (χ4v) is 1.95. The number of ether oxygens (including phenoxy) is 1. The van der Waals surface area contributed by atoms with Crippen molar-refractivity contribution in [2.24, 2.45) is 0 Å². The van der Waals surface area contributed by atoms with E-state index in [-0.39, 0.29) is 6.10 Å². The van der Waals surface area contributed by atoms with Gasteiger partial charge in [0.05, 0.1) is 10.7 Å². The van der Waals surface area contributed by atoms with E-state index in [9.17, 15) is 4.79 Å². The molecule has 0 heterocycles. The van der Waals surface area contributed by atoms with Gasteiger partial charge in [-0.25, -0.2) is 4.79 Å². The van der Waals surface area contributed by atoms with E-state index >= 15 is 0 Å². The number of para-hydroxylation sites is 1. The van der Waals surface area contributed by atoms with Crippen molar-refractivity contribution in [2.45, 2.75) is 26.9 Å². The number of hydrogen-bond donors (Lipinski definition) is 1. The summed E-state index contributed by atoms with van der Waals surface area (Å²) in [6.07, 6.45) is -0.643. The Morgan fingerprint density at radius 2 is 2.00 bits per heavy atom. The standard InChI is InChI=1S/C14H21ClN2O2/c1-4-17(5-2)10-11(3)19-14(18)16-13-9-7-6-8-12(13)15/h6-9,11H,4-5,10H2,1-3H3,(H,16,18). The minimum absolute atomic E-state index is 0.164. The number of carbonyl (C=O) groups is 1. The molecule has 0 aromatic heterocycles.